The van der Waals surface area contributed by atoms with Gasteiger partial charge in [0.15, 0.2) is 11.6 Å². The molecule has 1 atom stereocenters. The number of methoxy groups -OCH3 is 1. The van der Waals surface area contributed by atoms with Gasteiger partial charge in [0.1, 0.15) is 0 Å². The minimum atomic E-state index is -0.246. The Labute approximate surface area is 123 Å². The minimum Gasteiger partial charge on any atom is -0.494 e. The maximum Gasteiger partial charge on any atom is 0.168 e. The number of halogens is 1. The van der Waals surface area contributed by atoms with Crippen molar-refractivity contribution in [2.45, 2.75) is 25.8 Å². The second-order valence-corrected chi connectivity index (χ2v) is 5.71. The van der Waals surface area contributed by atoms with Crippen LogP contribution in [-0.4, -0.2) is 19.7 Å². The van der Waals surface area contributed by atoms with Gasteiger partial charge in [0.05, 0.1) is 7.11 Å². The lowest BCUT2D eigenvalue weighted by Crippen LogP contribution is -2.33. The summed E-state index contributed by atoms with van der Waals surface area (Å²) in [6, 6.07) is 9.73. The van der Waals surface area contributed by atoms with E-state index in [4.69, 9.17) is 4.74 Å². The molecule has 0 saturated heterocycles. The van der Waals surface area contributed by atoms with Crippen LogP contribution in [0.5, 0.6) is 5.75 Å². The van der Waals surface area contributed by atoms with Crippen LogP contribution in [0.15, 0.2) is 35.7 Å². The van der Waals surface area contributed by atoms with Gasteiger partial charge in [-0.05, 0) is 42.5 Å². The molecule has 0 aliphatic rings. The number of ether oxygens (including phenoxy) is 1. The third-order valence-electron chi connectivity index (χ3n) is 3.25. The van der Waals surface area contributed by atoms with Crippen molar-refractivity contribution in [1.82, 2.24) is 5.32 Å². The van der Waals surface area contributed by atoms with Crippen molar-refractivity contribution >= 4 is 11.3 Å². The third kappa shape index (κ3) is 3.81. The summed E-state index contributed by atoms with van der Waals surface area (Å²) in [5.74, 6) is 0.0676. The summed E-state index contributed by atoms with van der Waals surface area (Å²) in [6.07, 6.45) is 1.58. The lowest BCUT2D eigenvalue weighted by Gasteiger charge is -2.18. The molecule has 0 aliphatic carbocycles. The molecule has 1 aromatic carbocycles. The topological polar surface area (TPSA) is 21.3 Å². The van der Waals surface area contributed by atoms with Crippen LogP contribution in [0, 0.1) is 5.82 Å². The van der Waals surface area contributed by atoms with Crippen LogP contribution in [0.1, 0.15) is 17.4 Å². The number of benzene rings is 1. The van der Waals surface area contributed by atoms with Crippen molar-refractivity contribution in [2.75, 3.05) is 13.7 Å². The Bertz CT molecular complexity index is 527. The van der Waals surface area contributed by atoms with Crippen LogP contribution in [0.4, 0.5) is 4.39 Å². The van der Waals surface area contributed by atoms with Crippen molar-refractivity contribution in [1.29, 1.82) is 0 Å². The monoisotopic (exact) mass is 293 g/mol. The van der Waals surface area contributed by atoms with E-state index >= 15 is 0 Å². The zero-order chi connectivity index (χ0) is 14.4. The Hall–Kier alpha value is -1.39. The summed E-state index contributed by atoms with van der Waals surface area (Å²) in [6.45, 7) is 2.95. The zero-order valence-corrected chi connectivity index (χ0v) is 12.7. The summed E-state index contributed by atoms with van der Waals surface area (Å²) < 4.78 is 19.2. The number of thiophene rings is 1. The van der Waals surface area contributed by atoms with E-state index in [-0.39, 0.29) is 11.9 Å². The maximum atomic E-state index is 14.2. The minimum absolute atomic E-state index is 0.236. The Morgan fingerprint density at radius 3 is 2.75 bits per heavy atom. The second kappa shape index (κ2) is 7.41. The summed E-state index contributed by atoms with van der Waals surface area (Å²) in [5, 5.41) is 5.51. The van der Waals surface area contributed by atoms with Crippen LogP contribution in [0.2, 0.25) is 0 Å². The number of hydrogen-bond acceptors (Lipinski definition) is 3. The fraction of sp³-hybridized carbons (Fsp3) is 0.375. The van der Waals surface area contributed by atoms with E-state index < -0.39 is 0 Å². The molecule has 0 amide bonds. The smallest absolute Gasteiger partial charge is 0.168 e. The molecule has 1 aromatic heterocycles. The van der Waals surface area contributed by atoms with Crippen LogP contribution < -0.4 is 10.1 Å². The van der Waals surface area contributed by atoms with E-state index in [1.807, 2.05) is 12.1 Å². The predicted molar refractivity (Wildman–Crippen MR) is 82.1 cm³/mol. The lowest BCUT2D eigenvalue weighted by molar-refractivity contribution is 0.382. The SMILES string of the molecule is CCNC(Cc1cccs1)Cc1cccc(OC)c1F. The highest BCUT2D eigenvalue weighted by molar-refractivity contribution is 7.09. The molecule has 2 rings (SSSR count). The van der Waals surface area contributed by atoms with Crippen molar-refractivity contribution < 1.29 is 9.13 Å². The first-order valence-corrected chi connectivity index (χ1v) is 7.69. The number of likely N-dealkylation sites (N-methyl/N-ethyl adjacent to an activating group) is 1. The molecule has 108 valence electrons. The zero-order valence-electron chi connectivity index (χ0n) is 11.9. The molecule has 20 heavy (non-hydrogen) atoms. The first-order valence-electron chi connectivity index (χ1n) is 6.81. The molecule has 2 nitrogen and oxygen atoms in total. The number of hydrogen-bond donors (Lipinski definition) is 1. The van der Waals surface area contributed by atoms with Gasteiger partial charge in [-0.3, -0.25) is 0 Å². The standard InChI is InChI=1S/C16H20FNOS/c1-3-18-13(11-14-7-5-9-20-14)10-12-6-4-8-15(19-2)16(12)17/h4-9,13,18H,3,10-11H2,1-2H3. The molecular formula is C16H20FNOS. The van der Waals surface area contributed by atoms with Gasteiger partial charge in [0, 0.05) is 10.9 Å². The van der Waals surface area contributed by atoms with E-state index in [0.29, 0.717) is 17.7 Å². The fourth-order valence-electron chi connectivity index (χ4n) is 2.31. The third-order valence-corrected chi connectivity index (χ3v) is 4.15. The van der Waals surface area contributed by atoms with Crippen LogP contribution >= 0.6 is 11.3 Å². The molecular weight excluding hydrogens is 273 g/mol. The van der Waals surface area contributed by atoms with Crippen LogP contribution in [-0.2, 0) is 12.8 Å². The lowest BCUT2D eigenvalue weighted by atomic mass is 10.0. The number of nitrogens with one attached hydrogen (secondary N) is 1. The molecule has 1 heterocycles. The van der Waals surface area contributed by atoms with Crippen molar-refractivity contribution in [2.24, 2.45) is 0 Å². The van der Waals surface area contributed by atoms with Gasteiger partial charge in [0.2, 0.25) is 0 Å². The molecule has 1 unspecified atom stereocenters. The highest BCUT2D eigenvalue weighted by Gasteiger charge is 2.15. The quantitative estimate of drug-likeness (QED) is 0.841. The molecule has 0 spiro atoms. The molecule has 0 aliphatic heterocycles. The predicted octanol–water partition coefficient (Wildman–Crippen LogP) is 3.66. The summed E-state index contributed by atoms with van der Waals surface area (Å²) in [4.78, 5) is 1.32. The van der Waals surface area contributed by atoms with Crippen LogP contribution in [0.25, 0.3) is 0 Å². The first kappa shape index (κ1) is 15.0. The van der Waals surface area contributed by atoms with Crippen LogP contribution in [0.3, 0.4) is 0 Å². The molecule has 4 heteroatoms. The summed E-state index contributed by atoms with van der Waals surface area (Å²) in [5.41, 5.74) is 0.701. The van der Waals surface area contributed by atoms with Gasteiger partial charge in [-0.1, -0.05) is 25.1 Å². The maximum absolute atomic E-state index is 14.2. The van der Waals surface area contributed by atoms with E-state index in [0.717, 1.165) is 13.0 Å². The highest BCUT2D eigenvalue weighted by atomic mass is 32.1. The van der Waals surface area contributed by atoms with Gasteiger partial charge < -0.3 is 10.1 Å². The second-order valence-electron chi connectivity index (χ2n) is 4.68. The Morgan fingerprint density at radius 1 is 1.25 bits per heavy atom. The molecule has 0 saturated carbocycles. The van der Waals surface area contributed by atoms with Crippen molar-refractivity contribution in [3.63, 3.8) is 0 Å². The Balaban J connectivity index is 2.11. The summed E-state index contributed by atoms with van der Waals surface area (Å²) >= 11 is 1.74. The van der Waals surface area contributed by atoms with E-state index in [1.54, 1.807) is 17.4 Å². The number of rotatable bonds is 7. The van der Waals surface area contributed by atoms with E-state index in [2.05, 4.69) is 29.8 Å². The van der Waals surface area contributed by atoms with Gasteiger partial charge in [-0.2, -0.15) is 0 Å². The molecule has 0 radical (unpaired) electrons. The molecule has 2 aromatic rings. The van der Waals surface area contributed by atoms with Gasteiger partial charge in [-0.25, -0.2) is 4.39 Å². The molecule has 0 fully saturated rings. The van der Waals surface area contributed by atoms with E-state index in [1.165, 1.54) is 12.0 Å². The Morgan fingerprint density at radius 2 is 2.10 bits per heavy atom. The largest absolute Gasteiger partial charge is 0.494 e. The normalized spacial score (nSPS) is 12.3. The highest BCUT2D eigenvalue weighted by Crippen LogP contribution is 2.22. The molecule has 0 bridgehead atoms. The summed E-state index contributed by atoms with van der Waals surface area (Å²) in [7, 11) is 1.50. The van der Waals surface area contributed by atoms with Crippen molar-refractivity contribution in [3.05, 3.63) is 52.0 Å². The van der Waals surface area contributed by atoms with E-state index in [9.17, 15) is 4.39 Å². The molecule has 1 N–H and O–H groups in total. The van der Waals surface area contributed by atoms with Gasteiger partial charge >= 0.3 is 0 Å². The van der Waals surface area contributed by atoms with Gasteiger partial charge in [-0.15, -0.1) is 11.3 Å². The average Bonchev–Trinajstić information content (AvgIpc) is 2.94. The first-order chi connectivity index (χ1) is 9.74. The Kier molecular flexibility index (Phi) is 5.56. The fourth-order valence-corrected chi connectivity index (χ4v) is 3.10. The average molecular weight is 293 g/mol. The van der Waals surface area contributed by atoms with Crippen molar-refractivity contribution in [3.8, 4) is 5.75 Å². The van der Waals surface area contributed by atoms with Gasteiger partial charge in [0.25, 0.3) is 0 Å².